The number of benzene rings is 1. The van der Waals surface area contributed by atoms with Crippen molar-refractivity contribution < 1.29 is 23.9 Å². The van der Waals surface area contributed by atoms with Crippen LogP contribution in [0, 0.1) is 0 Å². The van der Waals surface area contributed by atoms with Crippen LogP contribution < -0.4 is 10.2 Å². The Morgan fingerprint density at radius 2 is 1.83 bits per heavy atom. The van der Waals surface area contributed by atoms with Crippen LogP contribution in [-0.2, 0) is 23.9 Å². The van der Waals surface area contributed by atoms with Crippen LogP contribution in [0.2, 0.25) is 0 Å². The van der Waals surface area contributed by atoms with Crippen molar-refractivity contribution in [2.24, 2.45) is 0 Å². The van der Waals surface area contributed by atoms with Gasteiger partial charge in [-0.2, -0.15) is 0 Å². The molecule has 2 rings (SSSR count). The van der Waals surface area contributed by atoms with E-state index in [2.05, 4.69) is 10.1 Å². The van der Waals surface area contributed by atoms with Crippen molar-refractivity contribution in [3.63, 3.8) is 0 Å². The van der Waals surface area contributed by atoms with E-state index >= 15 is 0 Å². The zero-order valence-corrected chi connectivity index (χ0v) is 18.1. The standard InChI is InChI=1S/C21H28ClN3O5/c1-15(26)23-18(8-9-20(28)30-2)21(29)24-12-10-17(11-13-24)25(19(27)14-22)16-6-4-3-5-7-16/h3-7,17-18H,8-14H2,1-2H3,(H,23,26). The van der Waals surface area contributed by atoms with E-state index in [1.807, 2.05) is 30.3 Å². The summed E-state index contributed by atoms with van der Waals surface area (Å²) < 4.78 is 4.62. The molecule has 0 spiro atoms. The maximum atomic E-state index is 12.9. The van der Waals surface area contributed by atoms with Gasteiger partial charge in [-0.05, 0) is 31.4 Å². The number of anilines is 1. The van der Waals surface area contributed by atoms with Crippen LogP contribution in [0.1, 0.15) is 32.6 Å². The number of hydrogen-bond donors (Lipinski definition) is 1. The van der Waals surface area contributed by atoms with Gasteiger partial charge in [0, 0.05) is 38.2 Å². The summed E-state index contributed by atoms with van der Waals surface area (Å²) in [6.45, 7) is 2.22. The third kappa shape index (κ3) is 6.45. The number of esters is 1. The molecule has 0 aliphatic carbocycles. The van der Waals surface area contributed by atoms with Crippen molar-refractivity contribution in [3.05, 3.63) is 30.3 Å². The maximum Gasteiger partial charge on any atom is 0.305 e. The van der Waals surface area contributed by atoms with Gasteiger partial charge in [-0.1, -0.05) is 18.2 Å². The number of hydrogen-bond acceptors (Lipinski definition) is 5. The van der Waals surface area contributed by atoms with Crippen molar-refractivity contribution in [1.29, 1.82) is 0 Å². The van der Waals surface area contributed by atoms with Gasteiger partial charge < -0.3 is 19.9 Å². The van der Waals surface area contributed by atoms with Gasteiger partial charge in [-0.3, -0.25) is 19.2 Å². The summed E-state index contributed by atoms with van der Waals surface area (Å²) in [6.07, 6.45) is 1.39. The number of likely N-dealkylation sites (tertiary alicyclic amines) is 1. The van der Waals surface area contributed by atoms with Crippen molar-refractivity contribution >= 4 is 41.0 Å². The fraction of sp³-hybridized carbons (Fsp3) is 0.524. The molecule has 1 atom stereocenters. The number of carbonyl (C=O) groups is 4. The van der Waals surface area contributed by atoms with E-state index in [0.29, 0.717) is 25.9 Å². The summed E-state index contributed by atoms with van der Waals surface area (Å²) in [7, 11) is 1.28. The third-order valence-corrected chi connectivity index (χ3v) is 5.33. The van der Waals surface area contributed by atoms with Gasteiger partial charge >= 0.3 is 5.97 Å². The molecule has 164 valence electrons. The van der Waals surface area contributed by atoms with Crippen molar-refractivity contribution in [3.8, 4) is 0 Å². The van der Waals surface area contributed by atoms with Gasteiger partial charge in [0.25, 0.3) is 0 Å². The molecule has 1 aromatic rings. The van der Waals surface area contributed by atoms with E-state index in [1.54, 1.807) is 9.80 Å². The summed E-state index contributed by atoms with van der Waals surface area (Å²) >= 11 is 5.82. The Kier molecular flexibility index (Phi) is 9.11. The van der Waals surface area contributed by atoms with Crippen LogP contribution in [0.15, 0.2) is 30.3 Å². The third-order valence-electron chi connectivity index (χ3n) is 5.10. The molecule has 1 heterocycles. The molecule has 30 heavy (non-hydrogen) atoms. The molecule has 0 radical (unpaired) electrons. The number of piperidine rings is 1. The van der Waals surface area contributed by atoms with Crippen molar-refractivity contribution in [2.75, 3.05) is 31.0 Å². The Morgan fingerprint density at radius 3 is 2.37 bits per heavy atom. The fourth-order valence-electron chi connectivity index (χ4n) is 3.64. The molecule has 1 saturated heterocycles. The molecule has 8 nitrogen and oxygen atoms in total. The lowest BCUT2D eigenvalue weighted by Crippen LogP contribution is -2.54. The number of nitrogens with one attached hydrogen (secondary N) is 1. The van der Waals surface area contributed by atoms with E-state index in [4.69, 9.17) is 11.6 Å². The lowest BCUT2D eigenvalue weighted by molar-refractivity contribution is -0.142. The molecular formula is C21H28ClN3O5. The first kappa shape index (κ1) is 23.7. The van der Waals surface area contributed by atoms with Crippen molar-refractivity contribution in [1.82, 2.24) is 10.2 Å². The number of alkyl halides is 1. The average molecular weight is 438 g/mol. The Morgan fingerprint density at radius 1 is 1.20 bits per heavy atom. The predicted octanol–water partition coefficient (Wildman–Crippen LogP) is 1.71. The quantitative estimate of drug-likeness (QED) is 0.493. The van der Waals surface area contributed by atoms with Crippen LogP contribution in [0.4, 0.5) is 5.69 Å². The summed E-state index contributed by atoms with van der Waals surface area (Å²) in [6, 6.07) is 8.47. The molecule has 3 amide bonds. The van der Waals surface area contributed by atoms with Gasteiger partial charge in [0.2, 0.25) is 17.7 Å². The van der Waals surface area contributed by atoms with Gasteiger partial charge in [0.15, 0.2) is 0 Å². The zero-order chi connectivity index (χ0) is 22.1. The largest absolute Gasteiger partial charge is 0.469 e. The minimum atomic E-state index is -0.784. The van der Waals surface area contributed by atoms with Gasteiger partial charge in [-0.15, -0.1) is 11.6 Å². The molecule has 0 aromatic heterocycles. The zero-order valence-electron chi connectivity index (χ0n) is 17.3. The van der Waals surface area contributed by atoms with E-state index in [9.17, 15) is 19.2 Å². The van der Waals surface area contributed by atoms with E-state index in [-0.39, 0.29) is 42.5 Å². The predicted molar refractivity (Wildman–Crippen MR) is 113 cm³/mol. The molecule has 1 fully saturated rings. The topological polar surface area (TPSA) is 96.0 Å². The smallest absolute Gasteiger partial charge is 0.305 e. The van der Waals surface area contributed by atoms with Crippen LogP contribution in [0.25, 0.3) is 0 Å². The maximum absolute atomic E-state index is 12.9. The highest BCUT2D eigenvalue weighted by atomic mass is 35.5. The minimum Gasteiger partial charge on any atom is -0.469 e. The summed E-state index contributed by atoms with van der Waals surface area (Å²) in [4.78, 5) is 51.7. The second kappa shape index (κ2) is 11.5. The first-order valence-electron chi connectivity index (χ1n) is 9.93. The Balaban J connectivity index is 2.04. The number of ether oxygens (including phenoxy) is 1. The molecule has 1 aromatic carbocycles. The summed E-state index contributed by atoms with van der Waals surface area (Å²) in [5, 5.41) is 2.62. The van der Waals surface area contributed by atoms with Gasteiger partial charge in [0.05, 0.1) is 7.11 Å². The normalized spacial score (nSPS) is 15.2. The molecule has 1 aliphatic heterocycles. The Labute approximate surface area is 181 Å². The number of nitrogens with zero attached hydrogens (tertiary/aromatic N) is 2. The van der Waals surface area contributed by atoms with Gasteiger partial charge in [-0.25, -0.2) is 0 Å². The second-order valence-electron chi connectivity index (χ2n) is 7.16. The van der Waals surface area contributed by atoms with Crippen molar-refractivity contribution in [2.45, 2.75) is 44.7 Å². The minimum absolute atomic E-state index is 0.0374. The highest BCUT2D eigenvalue weighted by Gasteiger charge is 2.33. The lowest BCUT2D eigenvalue weighted by Gasteiger charge is -2.39. The van der Waals surface area contributed by atoms with Crippen LogP contribution in [0.3, 0.4) is 0 Å². The monoisotopic (exact) mass is 437 g/mol. The number of rotatable bonds is 8. The summed E-state index contributed by atoms with van der Waals surface area (Å²) in [5.74, 6) is -1.30. The van der Waals surface area contributed by atoms with Crippen LogP contribution >= 0.6 is 11.6 Å². The second-order valence-corrected chi connectivity index (χ2v) is 7.42. The van der Waals surface area contributed by atoms with Gasteiger partial charge in [0.1, 0.15) is 11.9 Å². The number of halogens is 1. The average Bonchev–Trinajstić information content (AvgIpc) is 2.76. The number of amides is 3. The van der Waals surface area contributed by atoms with E-state index in [0.717, 1.165) is 5.69 Å². The Hall–Kier alpha value is -2.61. The molecule has 9 heteroatoms. The highest BCUT2D eigenvalue weighted by molar-refractivity contribution is 6.29. The molecule has 0 saturated carbocycles. The number of carbonyl (C=O) groups excluding carboxylic acids is 4. The number of para-hydroxylation sites is 1. The fourth-order valence-corrected chi connectivity index (χ4v) is 3.77. The first-order chi connectivity index (χ1) is 14.4. The van der Waals surface area contributed by atoms with E-state index in [1.165, 1.54) is 14.0 Å². The SMILES string of the molecule is COC(=O)CCC(NC(C)=O)C(=O)N1CCC(N(C(=O)CCl)c2ccccc2)CC1. The summed E-state index contributed by atoms with van der Waals surface area (Å²) in [5.41, 5.74) is 0.780. The molecule has 1 aliphatic rings. The Bertz CT molecular complexity index is 750. The molecule has 1 unspecified atom stereocenters. The lowest BCUT2D eigenvalue weighted by atomic mass is 10.0. The molecule has 1 N–H and O–H groups in total. The molecule has 0 bridgehead atoms. The van der Waals surface area contributed by atoms with Crippen LogP contribution in [-0.4, -0.2) is 66.8 Å². The van der Waals surface area contributed by atoms with E-state index < -0.39 is 12.0 Å². The number of methoxy groups -OCH3 is 1. The van der Waals surface area contributed by atoms with Crippen LogP contribution in [0.5, 0.6) is 0 Å². The highest BCUT2D eigenvalue weighted by Crippen LogP contribution is 2.24. The molecular weight excluding hydrogens is 410 g/mol. The first-order valence-corrected chi connectivity index (χ1v) is 10.5.